The van der Waals surface area contributed by atoms with Crippen LogP contribution in [-0.4, -0.2) is 28.9 Å². The second-order valence-corrected chi connectivity index (χ2v) is 13.1. The molecule has 0 unspecified atom stereocenters. The minimum atomic E-state index is 0.514. The van der Waals surface area contributed by atoms with E-state index in [4.69, 9.17) is 19.9 Å². The highest BCUT2D eigenvalue weighted by Crippen LogP contribution is 2.38. The number of aromatic nitrogens is 6. The van der Waals surface area contributed by atoms with E-state index in [1.54, 1.807) is 0 Å². The second kappa shape index (κ2) is 11.2. The van der Waals surface area contributed by atoms with Crippen LogP contribution in [0.25, 0.3) is 100 Å². The van der Waals surface area contributed by atoms with Crippen LogP contribution in [-0.2, 0) is 0 Å². The van der Waals surface area contributed by atoms with Crippen LogP contribution in [0.4, 0.5) is 0 Å². The SMILES string of the molecule is c1ccc(-c2nc(-c3ccccc3)nc(-n3c4ccc(-c5ccc6c7ccccc7c7ccccc7c6c5)cc4n4c5ccccc5nc34)n2)cc1. The van der Waals surface area contributed by atoms with Crippen molar-refractivity contribution in [2.75, 3.05) is 0 Å². The maximum atomic E-state index is 5.17. The van der Waals surface area contributed by atoms with Gasteiger partial charge in [0.15, 0.2) is 11.6 Å². The first kappa shape index (κ1) is 28.6. The Kier molecular flexibility index (Phi) is 6.15. The predicted octanol–water partition coefficient (Wildman–Crippen LogP) is 11.1. The van der Waals surface area contributed by atoms with Crippen LogP contribution in [0.5, 0.6) is 0 Å². The molecule has 6 heteroatoms. The molecule has 0 saturated carbocycles. The van der Waals surface area contributed by atoms with E-state index in [9.17, 15) is 0 Å². The minimum absolute atomic E-state index is 0.514. The van der Waals surface area contributed by atoms with Gasteiger partial charge in [0.1, 0.15) is 0 Å². The molecule has 11 aromatic rings. The van der Waals surface area contributed by atoms with Gasteiger partial charge in [0.05, 0.1) is 22.1 Å². The maximum absolute atomic E-state index is 5.17. The normalized spacial score (nSPS) is 11.8. The van der Waals surface area contributed by atoms with Gasteiger partial charge in [0.2, 0.25) is 11.7 Å². The number of hydrogen-bond acceptors (Lipinski definition) is 4. The number of benzene rings is 8. The quantitative estimate of drug-likeness (QED) is 0.176. The first-order chi connectivity index (χ1) is 25.8. The molecule has 3 aromatic heterocycles. The first-order valence-electron chi connectivity index (χ1n) is 17.4. The van der Waals surface area contributed by atoms with Crippen LogP contribution in [0.2, 0.25) is 0 Å². The van der Waals surface area contributed by atoms with Gasteiger partial charge in [-0.2, -0.15) is 9.97 Å². The van der Waals surface area contributed by atoms with E-state index >= 15 is 0 Å². The van der Waals surface area contributed by atoms with Crippen molar-refractivity contribution >= 4 is 60.2 Å². The Hall–Kier alpha value is -7.18. The lowest BCUT2D eigenvalue weighted by Gasteiger charge is -2.12. The third-order valence-electron chi connectivity index (χ3n) is 10.2. The Bertz CT molecular complexity index is 3090. The van der Waals surface area contributed by atoms with Gasteiger partial charge in [-0.05, 0) is 73.8 Å². The fourth-order valence-corrected chi connectivity index (χ4v) is 7.76. The predicted molar refractivity (Wildman–Crippen MR) is 212 cm³/mol. The molecule has 0 N–H and O–H groups in total. The van der Waals surface area contributed by atoms with Gasteiger partial charge >= 0.3 is 0 Å². The van der Waals surface area contributed by atoms with Gasteiger partial charge in [0, 0.05) is 11.1 Å². The fraction of sp³-hybridized carbons (Fsp3) is 0. The summed E-state index contributed by atoms with van der Waals surface area (Å²) in [5.74, 6) is 2.47. The summed E-state index contributed by atoms with van der Waals surface area (Å²) in [7, 11) is 0. The van der Waals surface area contributed by atoms with Gasteiger partial charge in [-0.3, -0.25) is 4.40 Å². The molecule has 0 radical (unpaired) electrons. The summed E-state index contributed by atoms with van der Waals surface area (Å²) < 4.78 is 4.30. The van der Waals surface area contributed by atoms with Crippen molar-refractivity contribution < 1.29 is 0 Å². The zero-order valence-corrected chi connectivity index (χ0v) is 27.8. The summed E-state index contributed by atoms with van der Waals surface area (Å²) in [6.45, 7) is 0. The van der Waals surface area contributed by atoms with Gasteiger partial charge in [-0.1, -0.05) is 140 Å². The highest BCUT2D eigenvalue weighted by Gasteiger charge is 2.22. The highest BCUT2D eigenvalue weighted by atomic mass is 15.3. The van der Waals surface area contributed by atoms with Crippen LogP contribution in [0.3, 0.4) is 0 Å². The molecule has 6 nitrogen and oxygen atoms in total. The third-order valence-corrected chi connectivity index (χ3v) is 10.2. The Morgan fingerprint density at radius 1 is 0.327 bits per heavy atom. The lowest BCUT2D eigenvalue weighted by Crippen LogP contribution is -2.07. The number of imidazole rings is 2. The Labute approximate surface area is 297 Å². The molecule has 242 valence electrons. The Morgan fingerprint density at radius 2 is 0.846 bits per heavy atom. The van der Waals surface area contributed by atoms with Crippen LogP contribution in [0, 0.1) is 0 Å². The van der Waals surface area contributed by atoms with Crippen LogP contribution in [0.1, 0.15) is 0 Å². The summed E-state index contributed by atoms with van der Waals surface area (Å²) >= 11 is 0. The number of nitrogens with zero attached hydrogens (tertiary/aromatic N) is 6. The van der Waals surface area contributed by atoms with Crippen molar-refractivity contribution in [2.45, 2.75) is 0 Å². The first-order valence-corrected chi connectivity index (χ1v) is 17.4. The molecule has 0 atom stereocenters. The summed E-state index contributed by atoms with van der Waals surface area (Å²) in [4.78, 5) is 20.3. The van der Waals surface area contributed by atoms with E-state index in [1.807, 2.05) is 66.7 Å². The molecule has 11 rings (SSSR count). The summed E-state index contributed by atoms with van der Waals surface area (Å²) in [5.41, 5.74) is 8.02. The molecule has 52 heavy (non-hydrogen) atoms. The molecular weight excluding hydrogens is 637 g/mol. The average molecular weight is 665 g/mol. The molecule has 0 aliphatic heterocycles. The van der Waals surface area contributed by atoms with Crippen LogP contribution >= 0.6 is 0 Å². The topological polar surface area (TPSA) is 60.9 Å². The summed E-state index contributed by atoms with van der Waals surface area (Å²) in [5, 5.41) is 7.57. The van der Waals surface area contributed by atoms with E-state index in [0.29, 0.717) is 17.6 Å². The number of rotatable bonds is 4. The van der Waals surface area contributed by atoms with Crippen molar-refractivity contribution in [3.05, 3.63) is 170 Å². The molecule has 0 bridgehead atoms. The zero-order valence-electron chi connectivity index (χ0n) is 27.8. The minimum Gasteiger partial charge on any atom is -0.276 e. The smallest absolute Gasteiger partial charge is 0.241 e. The molecule has 0 aliphatic carbocycles. The molecule has 0 amide bonds. The number of fused-ring (bicyclic) bond motifs is 11. The van der Waals surface area contributed by atoms with Gasteiger partial charge in [-0.25, -0.2) is 14.5 Å². The average Bonchev–Trinajstić information content (AvgIpc) is 3.75. The Balaban J connectivity index is 1.18. The lowest BCUT2D eigenvalue weighted by atomic mass is 9.92. The van der Waals surface area contributed by atoms with E-state index < -0.39 is 0 Å². The molecular formula is C46H28N6. The standard InChI is InChI=1S/C46H28N6/c1-3-13-29(14-4-1)43-48-44(30-15-5-2-6-16-30)50-45(49-43)52-41-26-24-32(28-42(41)51-40-22-12-11-21-39(40)47-46(51)52)31-23-25-37-35-19-8-7-17-33(35)34-18-9-10-20-36(34)38(37)27-31/h1-28H. The van der Waals surface area contributed by atoms with Crippen LogP contribution in [0.15, 0.2) is 170 Å². The van der Waals surface area contributed by atoms with Crippen molar-refractivity contribution in [3.8, 4) is 39.9 Å². The molecule has 0 spiro atoms. The zero-order chi connectivity index (χ0) is 34.2. The van der Waals surface area contributed by atoms with Crippen molar-refractivity contribution in [2.24, 2.45) is 0 Å². The monoisotopic (exact) mass is 664 g/mol. The summed E-state index contributed by atoms with van der Waals surface area (Å²) in [6, 6.07) is 59.3. The number of hydrogen-bond donors (Lipinski definition) is 0. The second-order valence-electron chi connectivity index (χ2n) is 13.1. The molecule has 0 saturated heterocycles. The highest BCUT2D eigenvalue weighted by molar-refractivity contribution is 6.25. The van der Waals surface area contributed by atoms with E-state index in [-0.39, 0.29) is 0 Å². The van der Waals surface area contributed by atoms with Gasteiger partial charge in [-0.15, -0.1) is 0 Å². The van der Waals surface area contributed by atoms with Gasteiger partial charge < -0.3 is 0 Å². The van der Waals surface area contributed by atoms with E-state index in [2.05, 4.69) is 112 Å². The van der Waals surface area contributed by atoms with Crippen LogP contribution < -0.4 is 0 Å². The van der Waals surface area contributed by atoms with E-state index in [1.165, 1.54) is 32.3 Å². The van der Waals surface area contributed by atoms with Crippen molar-refractivity contribution in [3.63, 3.8) is 0 Å². The molecule has 0 fully saturated rings. The maximum Gasteiger partial charge on any atom is 0.241 e. The van der Waals surface area contributed by atoms with Crippen molar-refractivity contribution in [1.29, 1.82) is 0 Å². The largest absolute Gasteiger partial charge is 0.276 e. The lowest BCUT2D eigenvalue weighted by molar-refractivity contribution is 0.937. The molecule has 0 aliphatic rings. The van der Waals surface area contributed by atoms with Crippen molar-refractivity contribution in [1.82, 2.24) is 28.9 Å². The third kappa shape index (κ3) is 4.31. The van der Waals surface area contributed by atoms with Gasteiger partial charge in [0.25, 0.3) is 0 Å². The molecule has 8 aromatic carbocycles. The molecule has 3 heterocycles. The van der Waals surface area contributed by atoms with E-state index in [0.717, 1.165) is 50.1 Å². The summed E-state index contributed by atoms with van der Waals surface area (Å²) in [6.07, 6.45) is 0. The number of para-hydroxylation sites is 2. The Morgan fingerprint density at radius 3 is 1.50 bits per heavy atom. The fourth-order valence-electron chi connectivity index (χ4n) is 7.76.